The topological polar surface area (TPSA) is 545 Å². The lowest BCUT2D eigenvalue weighted by atomic mass is 9.85. The first-order chi connectivity index (χ1) is 67.1. The van der Waals surface area contributed by atoms with E-state index in [-0.39, 0.29) is 186 Å². The Hall–Kier alpha value is -9.28. The van der Waals surface area contributed by atoms with E-state index in [9.17, 15) is 81.8 Å². The van der Waals surface area contributed by atoms with Crippen LogP contribution in [0.25, 0.3) is 0 Å². The van der Waals surface area contributed by atoms with Gasteiger partial charge in [0.2, 0.25) is 0 Å². The number of carbonyl (C=O) groups excluding carboxylic acids is 15. The predicted molar refractivity (Wildman–Crippen MR) is 511 cm³/mol. The summed E-state index contributed by atoms with van der Waals surface area (Å²) in [6.45, 7) is 28.7. The molecule has 4 atom stereocenters. The van der Waals surface area contributed by atoms with Crippen LogP contribution in [0.1, 0.15) is 83.1 Å². The fourth-order valence-electron chi connectivity index (χ4n) is 13.8. The highest BCUT2D eigenvalue weighted by molar-refractivity contribution is 5.79. The van der Waals surface area contributed by atoms with Gasteiger partial charge in [-0.2, -0.15) is 0 Å². The molecule has 0 saturated carbocycles. The highest BCUT2D eigenvalue weighted by Crippen LogP contribution is 2.30. The molecular formula is C91H170N12O40. The second kappa shape index (κ2) is 79.9. The summed E-state index contributed by atoms with van der Waals surface area (Å²) in [7, 11) is 24.8. The molecule has 834 valence electrons. The summed E-state index contributed by atoms with van der Waals surface area (Å²) >= 11 is 0. The molecule has 0 spiro atoms. The summed E-state index contributed by atoms with van der Waals surface area (Å²) < 4.78 is 71.9. The van der Waals surface area contributed by atoms with Crippen molar-refractivity contribution in [3.05, 3.63) is 0 Å². The third-order valence-corrected chi connectivity index (χ3v) is 21.6. The molecule has 0 radical (unpaired) electrons. The maximum absolute atomic E-state index is 12.8. The van der Waals surface area contributed by atoms with Crippen LogP contribution >= 0.6 is 0 Å². The lowest BCUT2D eigenvalue weighted by Crippen LogP contribution is -2.55. The molecule has 1 N–H and O–H groups in total. The van der Waals surface area contributed by atoms with Crippen LogP contribution in [0, 0.1) is 21.7 Å². The lowest BCUT2D eigenvalue weighted by molar-refractivity contribution is -0.285. The Morgan fingerprint density at radius 3 is 0.650 bits per heavy atom. The molecule has 143 heavy (non-hydrogen) atoms. The van der Waals surface area contributed by atoms with Gasteiger partial charge in [-0.25, -0.2) is 39.1 Å². The number of aliphatic carboxylic acids is 1. The zero-order valence-electron chi connectivity index (χ0n) is 90.5. The van der Waals surface area contributed by atoms with Crippen molar-refractivity contribution in [1.82, 2.24) is 58.8 Å². The van der Waals surface area contributed by atoms with Crippen LogP contribution in [0.5, 0.6) is 0 Å². The molecule has 0 fully saturated rings. The van der Waals surface area contributed by atoms with Crippen molar-refractivity contribution >= 4 is 95.5 Å². The van der Waals surface area contributed by atoms with Gasteiger partial charge in [-0.05, 0) is 21.7 Å². The number of carboxylic acids is 1. The molecule has 0 heterocycles. The number of ether oxygens (including phenoxy) is 15. The second-order valence-electron chi connectivity index (χ2n) is 36.1. The van der Waals surface area contributed by atoms with Crippen LogP contribution in [0.4, 0.5) is 0 Å². The maximum Gasteiger partial charge on any atom is 0.323 e. The number of rotatable bonds is 72. The first kappa shape index (κ1) is 140. The van der Waals surface area contributed by atoms with Crippen molar-refractivity contribution < 1.29 is 192 Å². The lowest BCUT2D eigenvalue weighted by Gasteiger charge is -2.42. The number of esters is 15. The Morgan fingerprint density at radius 1 is 0.203 bits per heavy atom. The van der Waals surface area contributed by atoms with Crippen molar-refractivity contribution in [1.29, 1.82) is 0 Å². The third kappa shape index (κ3) is 68.7. The summed E-state index contributed by atoms with van der Waals surface area (Å²) in [6.07, 6.45) is 0. The molecule has 0 aliphatic carbocycles. The van der Waals surface area contributed by atoms with Crippen LogP contribution in [-0.4, -0.2) is 555 Å². The summed E-state index contributed by atoms with van der Waals surface area (Å²) in [5.41, 5.74) is -1.51. The molecular weight excluding hydrogens is 1900 g/mol. The van der Waals surface area contributed by atoms with E-state index in [2.05, 4.69) is 14.7 Å². The zero-order valence-corrected chi connectivity index (χ0v) is 90.5. The fraction of sp³-hybridized carbons (Fsp3) is 0.824. The standard InChI is InChI=1S/3C23H43N3O10.C22H41N3O10/c1-23(2,3)21(22(30)34-7)26(11-9-24(13-14-36-35-8)15-18(27)31-4)12-10-25(16-19(28)32-5)17-20(29)33-6;1-23(2,3)18(17-36-35-8)26(16-22(30)34-7)12-11-24(13-19(27)31-4)9-10-25(14-20(28)32-5)15-21(29)33-6;1-23(2,3)18(26(11-12-36-35-8)17-22(30)34-7)13-24(14-19(27)31-4)9-10-25(15-20(28)32-5)16-21(29)33-6;1-22(2,3)17(12-24(10-11-35-34-7)16-21(30)33-6)25(13-18(26)27)9-8-23(14-19(28)31-4)15-20(29)32-5/h21H,9-17H2,1-8H3;2*18H,9-17H2,1-8H3;17H,8-16H2,1-7H3,(H,26,27). The predicted octanol–water partition coefficient (Wildman–Crippen LogP) is -1.78. The van der Waals surface area contributed by atoms with Crippen LogP contribution in [0.2, 0.25) is 0 Å². The van der Waals surface area contributed by atoms with E-state index in [4.69, 9.17) is 95.5 Å². The quantitative estimate of drug-likeness (QED) is 0.0231. The van der Waals surface area contributed by atoms with E-state index in [1.807, 2.05) is 112 Å². The average molecular weight is 2070 g/mol. The van der Waals surface area contributed by atoms with Gasteiger partial charge in [-0.3, -0.25) is 136 Å². The van der Waals surface area contributed by atoms with E-state index in [1.165, 1.54) is 140 Å². The smallest absolute Gasteiger partial charge is 0.323 e. The monoisotopic (exact) mass is 2070 g/mol. The molecule has 0 saturated heterocycles. The number of hydrogen-bond acceptors (Lipinski definition) is 51. The normalized spacial score (nSPS) is 12.6. The number of hydrogen-bond donors (Lipinski definition) is 1. The molecule has 0 bridgehead atoms. The van der Waals surface area contributed by atoms with Crippen LogP contribution in [-0.2, 0) is 187 Å². The SMILES string of the molecule is COOCC(N(CCN(CCN(CC(=O)OC)CC(=O)OC)CC(=O)OC)CC(=O)OC)C(C)(C)C.COOCCN(CC(=O)OC)C(CN(CCN(CC(=O)OC)CC(=O)OC)CC(=O)OC)C(C)(C)C.COOCCN(CC(=O)OC)CC(N(CCN(CC(=O)OC)CC(=O)OC)CC(=O)O)C(C)(C)C.COOCCN(CCN(CCN(CC(=O)OC)CC(=O)OC)C(C(=O)OC)C(C)(C)C)CC(=O)OC. The van der Waals surface area contributed by atoms with Gasteiger partial charge in [0, 0.05) is 129 Å². The van der Waals surface area contributed by atoms with Crippen molar-refractivity contribution in [3.8, 4) is 0 Å². The van der Waals surface area contributed by atoms with E-state index in [1.54, 1.807) is 24.5 Å². The van der Waals surface area contributed by atoms with Gasteiger partial charge in [-0.1, -0.05) is 83.1 Å². The van der Waals surface area contributed by atoms with E-state index >= 15 is 0 Å². The second-order valence-corrected chi connectivity index (χ2v) is 36.1. The highest BCUT2D eigenvalue weighted by Gasteiger charge is 2.41. The molecule has 52 nitrogen and oxygen atoms in total. The van der Waals surface area contributed by atoms with Gasteiger partial charge in [0.25, 0.3) is 0 Å². The first-order valence-corrected chi connectivity index (χ1v) is 45.8. The van der Waals surface area contributed by atoms with Crippen molar-refractivity contribution in [2.24, 2.45) is 21.7 Å². The van der Waals surface area contributed by atoms with Gasteiger partial charge >= 0.3 is 95.5 Å². The van der Waals surface area contributed by atoms with Crippen molar-refractivity contribution in [2.45, 2.75) is 107 Å². The number of carbonyl (C=O) groups is 16. The Balaban J connectivity index is -0.000000901. The number of methoxy groups -OCH3 is 15. The maximum atomic E-state index is 12.8. The molecule has 0 aliphatic heterocycles. The van der Waals surface area contributed by atoms with Crippen LogP contribution < -0.4 is 0 Å². The van der Waals surface area contributed by atoms with E-state index in [0.717, 1.165) is 0 Å². The summed E-state index contributed by atoms with van der Waals surface area (Å²) in [5, 5.41) is 9.59. The molecule has 0 aromatic carbocycles. The molecule has 0 aromatic heterocycles. The zero-order chi connectivity index (χ0) is 110. The highest BCUT2D eigenvalue weighted by atomic mass is 17.2. The van der Waals surface area contributed by atoms with Gasteiger partial charge in [0.15, 0.2) is 0 Å². The minimum absolute atomic E-state index is 0.00831. The van der Waals surface area contributed by atoms with Crippen LogP contribution in [0.15, 0.2) is 0 Å². The average Bonchev–Trinajstić information content (AvgIpc) is 0.840. The summed E-state index contributed by atoms with van der Waals surface area (Å²) in [4.78, 5) is 252. The largest absolute Gasteiger partial charge is 0.480 e. The van der Waals surface area contributed by atoms with Gasteiger partial charge in [-0.15, -0.1) is 0 Å². The summed E-state index contributed by atoms with van der Waals surface area (Å²) in [5.74, 6) is -8.13. The Kier molecular flexibility index (Phi) is 78.3. The molecule has 0 aliphatic rings. The Bertz CT molecular complexity index is 3540. The van der Waals surface area contributed by atoms with Crippen molar-refractivity contribution in [2.75, 3.05) is 371 Å². The van der Waals surface area contributed by atoms with E-state index in [0.29, 0.717) is 78.5 Å². The molecule has 52 heteroatoms. The van der Waals surface area contributed by atoms with E-state index < -0.39 is 112 Å². The Morgan fingerprint density at radius 2 is 0.399 bits per heavy atom. The molecule has 0 rings (SSSR count). The summed E-state index contributed by atoms with van der Waals surface area (Å²) in [6, 6.07) is -1.41. The number of carboxylic acid groups (broad SMARTS) is 1. The minimum atomic E-state index is -1.03. The van der Waals surface area contributed by atoms with Gasteiger partial charge in [0.1, 0.15) is 6.04 Å². The molecule has 0 amide bonds. The first-order valence-electron chi connectivity index (χ1n) is 45.8. The Labute approximate surface area is 842 Å². The fourth-order valence-corrected chi connectivity index (χ4v) is 13.8. The van der Waals surface area contributed by atoms with Crippen LogP contribution in [0.3, 0.4) is 0 Å². The van der Waals surface area contributed by atoms with Gasteiger partial charge < -0.3 is 76.2 Å². The molecule has 0 aromatic rings. The third-order valence-electron chi connectivity index (χ3n) is 21.6. The van der Waals surface area contributed by atoms with Crippen molar-refractivity contribution in [3.63, 3.8) is 0 Å². The molecule has 4 unspecified atom stereocenters. The minimum Gasteiger partial charge on any atom is -0.480 e. The van der Waals surface area contributed by atoms with Gasteiger partial charge in [0.05, 0.1) is 260 Å². The number of nitrogens with zero attached hydrogens (tertiary/aromatic N) is 12.